The van der Waals surface area contributed by atoms with Crippen LogP contribution in [0.4, 0.5) is 0 Å². The zero-order valence-electron chi connectivity index (χ0n) is 9.15. The molecule has 3 heteroatoms. The van der Waals surface area contributed by atoms with Crippen molar-refractivity contribution in [2.24, 2.45) is 11.8 Å². The first-order valence-corrected chi connectivity index (χ1v) is 6.22. The van der Waals surface area contributed by atoms with Gasteiger partial charge in [0.25, 0.3) is 0 Å². The molecule has 0 N–H and O–H groups in total. The van der Waals surface area contributed by atoms with Crippen molar-refractivity contribution in [1.82, 2.24) is 4.90 Å². The third-order valence-electron chi connectivity index (χ3n) is 4.15. The standard InChI is InChI=1S/C12H19NO2/c14-12(7-9-2-5-15-6-3-9)13-4-1-10-8-11(10)13/h9-11H,1-8H2. The molecule has 2 saturated heterocycles. The lowest BCUT2D eigenvalue weighted by Crippen LogP contribution is -2.33. The molecule has 84 valence electrons. The Balaban J connectivity index is 1.51. The van der Waals surface area contributed by atoms with Gasteiger partial charge in [-0.25, -0.2) is 0 Å². The van der Waals surface area contributed by atoms with E-state index in [4.69, 9.17) is 4.74 Å². The topological polar surface area (TPSA) is 29.5 Å². The molecule has 2 heterocycles. The van der Waals surface area contributed by atoms with Crippen LogP contribution in [-0.4, -0.2) is 36.6 Å². The number of rotatable bonds is 2. The number of nitrogens with zero attached hydrogens (tertiary/aromatic N) is 1. The summed E-state index contributed by atoms with van der Waals surface area (Å²) in [5.41, 5.74) is 0. The van der Waals surface area contributed by atoms with Crippen molar-refractivity contribution in [3.63, 3.8) is 0 Å². The van der Waals surface area contributed by atoms with Crippen LogP contribution in [0.15, 0.2) is 0 Å². The Kier molecular flexibility index (Phi) is 2.43. The molecular formula is C12H19NO2. The highest BCUT2D eigenvalue weighted by atomic mass is 16.5. The molecule has 3 fully saturated rings. The molecule has 1 amide bonds. The van der Waals surface area contributed by atoms with Crippen LogP contribution in [0, 0.1) is 11.8 Å². The van der Waals surface area contributed by atoms with Crippen molar-refractivity contribution in [2.75, 3.05) is 19.8 Å². The van der Waals surface area contributed by atoms with E-state index in [-0.39, 0.29) is 0 Å². The number of fused-ring (bicyclic) bond motifs is 1. The predicted octanol–water partition coefficient (Wildman–Crippen LogP) is 1.42. The monoisotopic (exact) mass is 209 g/mol. The van der Waals surface area contributed by atoms with Crippen molar-refractivity contribution in [3.05, 3.63) is 0 Å². The van der Waals surface area contributed by atoms with Gasteiger partial charge in [-0.2, -0.15) is 0 Å². The first-order valence-electron chi connectivity index (χ1n) is 6.22. The van der Waals surface area contributed by atoms with Crippen LogP contribution < -0.4 is 0 Å². The van der Waals surface area contributed by atoms with E-state index >= 15 is 0 Å². The van der Waals surface area contributed by atoms with Gasteiger partial charge >= 0.3 is 0 Å². The molecular weight excluding hydrogens is 190 g/mol. The lowest BCUT2D eigenvalue weighted by molar-refractivity contribution is -0.132. The Bertz CT molecular complexity index is 260. The van der Waals surface area contributed by atoms with Crippen LogP contribution >= 0.6 is 0 Å². The van der Waals surface area contributed by atoms with Gasteiger partial charge in [0.05, 0.1) is 0 Å². The fraction of sp³-hybridized carbons (Fsp3) is 0.917. The first-order chi connectivity index (χ1) is 7.34. The number of piperidine rings is 1. The fourth-order valence-electron chi connectivity index (χ4n) is 3.02. The zero-order chi connectivity index (χ0) is 10.3. The van der Waals surface area contributed by atoms with Gasteiger partial charge in [0.15, 0.2) is 0 Å². The Hall–Kier alpha value is -0.570. The van der Waals surface area contributed by atoms with Gasteiger partial charge in [-0.15, -0.1) is 0 Å². The van der Waals surface area contributed by atoms with Gasteiger partial charge in [-0.1, -0.05) is 0 Å². The molecule has 0 radical (unpaired) electrons. The fourth-order valence-corrected chi connectivity index (χ4v) is 3.02. The van der Waals surface area contributed by atoms with E-state index in [1.54, 1.807) is 0 Å². The van der Waals surface area contributed by atoms with E-state index in [1.165, 1.54) is 12.8 Å². The Morgan fingerprint density at radius 3 is 2.67 bits per heavy atom. The number of carbonyl (C=O) groups is 1. The molecule has 0 aromatic carbocycles. The van der Waals surface area contributed by atoms with Gasteiger partial charge in [-0.05, 0) is 37.5 Å². The Morgan fingerprint density at radius 1 is 1.27 bits per heavy atom. The number of carbonyl (C=O) groups excluding carboxylic acids is 1. The van der Waals surface area contributed by atoms with Crippen molar-refractivity contribution in [2.45, 2.75) is 38.1 Å². The second-order valence-electron chi connectivity index (χ2n) is 5.20. The van der Waals surface area contributed by atoms with E-state index < -0.39 is 0 Å². The van der Waals surface area contributed by atoms with E-state index in [1.807, 2.05) is 0 Å². The van der Waals surface area contributed by atoms with Crippen LogP contribution in [0.1, 0.15) is 32.1 Å². The van der Waals surface area contributed by atoms with Gasteiger partial charge in [0, 0.05) is 32.2 Å². The molecule has 3 rings (SSSR count). The Morgan fingerprint density at radius 2 is 2.07 bits per heavy atom. The second-order valence-corrected chi connectivity index (χ2v) is 5.20. The largest absolute Gasteiger partial charge is 0.381 e. The summed E-state index contributed by atoms with van der Waals surface area (Å²) in [6, 6.07) is 0.636. The van der Waals surface area contributed by atoms with Gasteiger partial charge in [-0.3, -0.25) is 4.79 Å². The molecule has 3 aliphatic rings. The first kappa shape index (κ1) is 9.64. The van der Waals surface area contributed by atoms with Crippen LogP contribution in [0.5, 0.6) is 0 Å². The van der Waals surface area contributed by atoms with E-state index in [0.29, 0.717) is 17.9 Å². The molecule has 15 heavy (non-hydrogen) atoms. The highest BCUT2D eigenvalue weighted by Crippen LogP contribution is 2.44. The average molecular weight is 209 g/mol. The summed E-state index contributed by atoms with van der Waals surface area (Å²) < 4.78 is 5.31. The third kappa shape index (κ3) is 1.89. The molecule has 1 saturated carbocycles. The highest BCUT2D eigenvalue weighted by Gasteiger charge is 2.48. The van der Waals surface area contributed by atoms with Crippen LogP contribution in [0.25, 0.3) is 0 Å². The summed E-state index contributed by atoms with van der Waals surface area (Å²) in [7, 11) is 0. The number of hydrogen-bond donors (Lipinski definition) is 0. The Labute approximate surface area is 90.8 Å². The van der Waals surface area contributed by atoms with E-state index in [2.05, 4.69) is 4.90 Å². The summed E-state index contributed by atoms with van der Waals surface area (Å²) >= 11 is 0. The van der Waals surface area contributed by atoms with E-state index in [9.17, 15) is 4.79 Å². The maximum Gasteiger partial charge on any atom is 0.223 e. The molecule has 2 unspecified atom stereocenters. The normalized spacial score (nSPS) is 35.3. The molecule has 0 bridgehead atoms. The van der Waals surface area contributed by atoms with Crippen LogP contribution in [0.3, 0.4) is 0 Å². The highest BCUT2D eigenvalue weighted by molar-refractivity contribution is 5.77. The second kappa shape index (κ2) is 3.78. The lowest BCUT2D eigenvalue weighted by Gasteiger charge is -2.25. The zero-order valence-corrected chi connectivity index (χ0v) is 9.15. The predicted molar refractivity (Wildman–Crippen MR) is 56.4 cm³/mol. The van der Waals surface area contributed by atoms with Gasteiger partial charge in [0.2, 0.25) is 5.91 Å². The smallest absolute Gasteiger partial charge is 0.223 e. The third-order valence-corrected chi connectivity index (χ3v) is 4.15. The molecule has 2 atom stereocenters. The minimum atomic E-state index is 0.409. The molecule has 2 aliphatic heterocycles. The molecule has 0 aromatic heterocycles. The quantitative estimate of drug-likeness (QED) is 0.688. The van der Waals surface area contributed by atoms with Crippen molar-refractivity contribution in [1.29, 1.82) is 0 Å². The maximum absolute atomic E-state index is 12.0. The number of likely N-dealkylation sites (tertiary alicyclic amines) is 1. The van der Waals surface area contributed by atoms with Crippen molar-refractivity contribution in [3.8, 4) is 0 Å². The number of ether oxygens (including phenoxy) is 1. The number of hydrogen-bond acceptors (Lipinski definition) is 2. The average Bonchev–Trinajstić information content (AvgIpc) is 2.91. The van der Waals surface area contributed by atoms with Crippen LogP contribution in [0.2, 0.25) is 0 Å². The maximum atomic E-state index is 12.0. The summed E-state index contributed by atoms with van der Waals surface area (Å²) in [5.74, 6) is 1.86. The lowest BCUT2D eigenvalue weighted by atomic mass is 9.96. The van der Waals surface area contributed by atoms with Crippen molar-refractivity contribution < 1.29 is 9.53 Å². The van der Waals surface area contributed by atoms with Crippen molar-refractivity contribution >= 4 is 5.91 Å². The van der Waals surface area contributed by atoms with Gasteiger partial charge in [0.1, 0.15) is 0 Å². The summed E-state index contributed by atoms with van der Waals surface area (Å²) in [5, 5.41) is 0. The summed E-state index contributed by atoms with van der Waals surface area (Å²) in [6.45, 7) is 2.73. The molecule has 1 aliphatic carbocycles. The summed E-state index contributed by atoms with van der Waals surface area (Å²) in [6.07, 6.45) is 5.46. The molecule has 0 spiro atoms. The SMILES string of the molecule is O=C(CC1CCOCC1)N1CCC2CC21. The summed E-state index contributed by atoms with van der Waals surface area (Å²) in [4.78, 5) is 14.2. The number of amides is 1. The molecule has 0 aromatic rings. The van der Waals surface area contributed by atoms with Gasteiger partial charge < -0.3 is 9.64 Å². The molecule has 3 nitrogen and oxygen atoms in total. The van der Waals surface area contributed by atoms with E-state index in [0.717, 1.165) is 44.9 Å². The minimum absolute atomic E-state index is 0.409. The van der Waals surface area contributed by atoms with Crippen LogP contribution in [-0.2, 0) is 9.53 Å². The minimum Gasteiger partial charge on any atom is -0.381 e.